The van der Waals surface area contributed by atoms with E-state index >= 15 is 0 Å². The van der Waals surface area contributed by atoms with Gasteiger partial charge in [0.15, 0.2) is 11.5 Å². The molecule has 0 aliphatic carbocycles. The molecule has 1 amide bonds. The quantitative estimate of drug-likeness (QED) is 0.277. The second kappa shape index (κ2) is 11.1. The number of amides is 1. The Balaban J connectivity index is 1.84. The molecule has 3 aromatic rings. The van der Waals surface area contributed by atoms with Crippen LogP contribution in [0.5, 0.6) is 11.5 Å². The van der Waals surface area contributed by atoms with Crippen LogP contribution in [0.15, 0.2) is 60.2 Å². The topological polar surface area (TPSA) is 71.3 Å². The molecule has 8 heteroatoms. The van der Waals surface area contributed by atoms with E-state index < -0.39 is 5.91 Å². The van der Waals surface area contributed by atoms with Crippen molar-refractivity contribution in [3.05, 3.63) is 91.9 Å². The maximum absolute atomic E-state index is 12.6. The number of carbonyl (C=O) groups is 1. The maximum atomic E-state index is 12.6. The maximum Gasteiger partial charge on any atom is 0.266 e. The predicted octanol–water partition coefficient (Wildman–Crippen LogP) is 7.09. The normalized spacial score (nSPS) is 11.0. The highest BCUT2D eigenvalue weighted by Crippen LogP contribution is 2.38. The summed E-state index contributed by atoms with van der Waals surface area (Å²) >= 11 is 18.6. The minimum atomic E-state index is -0.528. The number of hydrogen-bond donors (Lipinski definition) is 1. The third-order valence-electron chi connectivity index (χ3n) is 4.71. The van der Waals surface area contributed by atoms with Crippen molar-refractivity contribution in [1.29, 1.82) is 5.26 Å². The third kappa shape index (κ3) is 6.21. The fourth-order valence-electron chi connectivity index (χ4n) is 2.97. The number of nitriles is 1. The second-order valence-electron chi connectivity index (χ2n) is 7.00. The highest BCUT2D eigenvalue weighted by molar-refractivity contribution is 6.35. The van der Waals surface area contributed by atoms with Crippen LogP contribution >= 0.6 is 34.8 Å². The zero-order chi connectivity index (χ0) is 24.0. The molecule has 0 aliphatic heterocycles. The molecule has 1 N–H and O–H groups in total. The number of carbonyl (C=O) groups excluding carboxylic acids is 1. The van der Waals surface area contributed by atoms with Crippen LogP contribution < -0.4 is 14.8 Å². The first-order valence-corrected chi connectivity index (χ1v) is 10.9. The molecule has 3 aromatic carbocycles. The van der Waals surface area contributed by atoms with Crippen LogP contribution in [0.25, 0.3) is 6.08 Å². The number of para-hydroxylation sites is 1. The molecule has 33 heavy (non-hydrogen) atoms. The highest BCUT2D eigenvalue weighted by Gasteiger charge is 2.15. The number of benzene rings is 3. The smallest absolute Gasteiger partial charge is 0.266 e. The van der Waals surface area contributed by atoms with Crippen LogP contribution in [0.1, 0.15) is 16.7 Å². The number of aryl methyl sites for hydroxylation is 1. The monoisotopic (exact) mass is 500 g/mol. The van der Waals surface area contributed by atoms with E-state index in [4.69, 9.17) is 44.3 Å². The Labute approximate surface area is 207 Å². The molecular weight excluding hydrogens is 483 g/mol. The molecule has 0 saturated carbocycles. The van der Waals surface area contributed by atoms with E-state index in [9.17, 15) is 10.1 Å². The summed E-state index contributed by atoms with van der Waals surface area (Å²) in [6.07, 6.45) is 1.43. The summed E-state index contributed by atoms with van der Waals surface area (Å²) in [6, 6.07) is 17.5. The van der Waals surface area contributed by atoms with Gasteiger partial charge in [-0.15, -0.1) is 0 Å². The molecule has 0 aliphatic rings. The van der Waals surface area contributed by atoms with Crippen LogP contribution in [0.2, 0.25) is 15.1 Å². The fraction of sp³-hybridized carbons (Fsp3) is 0.120. The molecule has 0 saturated heterocycles. The molecule has 168 valence electrons. The molecule has 3 rings (SSSR count). The zero-order valence-electron chi connectivity index (χ0n) is 17.8. The van der Waals surface area contributed by atoms with Crippen molar-refractivity contribution >= 4 is 52.5 Å². The highest BCUT2D eigenvalue weighted by atomic mass is 35.5. The Morgan fingerprint density at radius 3 is 2.52 bits per heavy atom. The predicted molar refractivity (Wildman–Crippen MR) is 132 cm³/mol. The van der Waals surface area contributed by atoms with Gasteiger partial charge in [-0.2, -0.15) is 5.26 Å². The lowest BCUT2D eigenvalue weighted by atomic mass is 10.1. The molecule has 0 aromatic heterocycles. The summed E-state index contributed by atoms with van der Waals surface area (Å²) in [6.45, 7) is 2.01. The van der Waals surface area contributed by atoms with Gasteiger partial charge in [0.2, 0.25) is 0 Å². The van der Waals surface area contributed by atoms with Crippen LogP contribution in [0.4, 0.5) is 5.69 Å². The van der Waals surface area contributed by atoms with Crippen molar-refractivity contribution in [1.82, 2.24) is 0 Å². The molecule has 0 fully saturated rings. The lowest BCUT2D eigenvalue weighted by molar-refractivity contribution is -0.112. The molecule has 0 unspecified atom stereocenters. The van der Waals surface area contributed by atoms with Crippen LogP contribution in [0.3, 0.4) is 0 Å². The van der Waals surface area contributed by atoms with Gasteiger partial charge in [-0.25, -0.2) is 0 Å². The van der Waals surface area contributed by atoms with Gasteiger partial charge in [0.25, 0.3) is 5.91 Å². The van der Waals surface area contributed by atoms with E-state index in [0.29, 0.717) is 32.8 Å². The van der Waals surface area contributed by atoms with Gasteiger partial charge in [-0.3, -0.25) is 4.79 Å². The van der Waals surface area contributed by atoms with Gasteiger partial charge in [-0.1, -0.05) is 59.1 Å². The van der Waals surface area contributed by atoms with Crippen molar-refractivity contribution < 1.29 is 14.3 Å². The van der Waals surface area contributed by atoms with E-state index in [0.717, 1.165) is 11.1 Å². The van der Waals surface area contributed by atoms with Crippen molar-refractivity contribution in [2.45, 2.75) is 13.5 Å². The Hall–Kier alpha value is -3.17. The van der Waals surface area contributed by atoms with Gasteiger partial charge in [-0.05, 0) is 54.5 Å². The van der Waals surface area contributed by atoms with Crippen LogP contribution in [-0.4, -0.2) is 13.0 Å². The standard InChI is InChI=1S/C25H19Cl3N2O3/c1-15-5-3-4-6-22(15)30-25(31)18(13-29)9-16-10-21(28)24(23(11-16)32-2)33-14-17-7-8-19(26)12-20(17)27/h3-12H,14H2,1-2H3,(H,30,31)/b18-9-. The number of nitrogens with zero attached hydrogens (tertiary/aromatic N) is 1. The number of anilines is 1. The number of nitrogens with one attached hydrogen (secondary N) is 1. The van der Waals surface area contributed by atoms with Gasteiger partial charge < -0.3 is 14.8 Å². The molecule has 0 radical (unpaired) electrons. The SMILES string of the molecule is COc1cc(/C=C(/C#N)C(=O)Nc2ccccc2C)cc(Cl)c1OCc1ccc(Cl)cc1Cl. The fourth-order valence-corrected chi connectivity index (χ4v) is 3.71. The van der Waals surface area contributed by atoms with Gasteiger partial charge in [0.1, 0.15) is 18.2 Å². The van der Waals surface area contributed by atoms with E-state index in [1.807, 2.05) is 25.1 Å². The molecular formula is C25H19Cl3N2O3. The first kappa shape index (κ1) is 24.5. The number of hydrogen-bond acceptors (Lipinski definition) is 4. The third-order valence-corrected chi connectivity index (χ3v) is 5.58. The van der Waals surface area contributed by atoms with Crippen LogP contribution in [0, 0.1) is 18.3 Å². The minimum Gasteiger partial charge on any atom is -0.493 e. The minimum absolute atomic E-state index is 0.0852. The second-order valence-corrected chi connectivity index (χ2v) is 8.25. The number of methoxy groups -OCH3 is 1. The van der Waals surface area contributed by atoms with E-state index in [1.54, 1.807) is 42.5 Å². The Bertz CT molecular complexity index is 1270. The van der Waals surface area contributed by atoms with E-state index in [-0.39, 0.29) is 17.2 Å². The summed E-state index contributed by atoms with van der Waals surface area (Å²) < 4.78 is 11.3. The zero-order valence-corrected chi connectivity index (χ0v) is 20.1. The first-order valence-electron chi connectivity index (χ1n) is 9.75. The largest absolute Gasteiger partial charge is 0.493 e. The first-order chi connectivity index (χ1) is 15.8. The number of halogens is 3. The lowest BCUT2D eigenvalue weighted by Gasteiger charge is -2.14. The summed E-state index contributed by atoms with van der Waals surface area (Å²) in [7, 11) is 1.47. The average Bonchev–Trinajstić information content (AvgIpc) is 2.78. The van der Waals surface area contributed by atoms with Crippen LogP contribution in [-0.2, 0) is 11.4 Å². The van der Waals surface area contributed by atoms with Crippen molar-refractivity contribution in [2.75, 3.05) is 12.4 Å². The molecule has 0 bridgehead atoms. The summed E-state index contributed by atoms with van der Waals surface area (Å²) in [4.78, 5) is 12.6. The van der Waals surface area contributed by atoms with Crippen molar-refractivity contribution in [2.24, 2.45) is 0 Å². The molecule has 0 atom stereocenters. The van der Waals surface area contributed by atoms with Gasteiger partial charge >= 0.3 is 0 Å². The van der Waals surface area contributed by atoms with Gasteiger partial charge in [0, 0.05) is 21.3 Å². The number of ether oxygens (including phenoxy) is 2. The Morgan fingerprint density at radius 1 is 1.09 bits per heavy atom. The van der Waals surface area contributed by atoms with Crippen molar-refractivity contribution in [3.8, 4) is 17.6 Å². The van der Waals surface area contributed by atoms with Gasteiger partial charge in [0.05, 0.1) is 12.1 Å². The molecule has 0 spiro atoms. The van der Waals surface area contributed by atoms with E-state index in [2.05, 4.69) is 5.32 Å². The molecule has 0 heterocycles. The Morgan fingerprint density at radius 2 is 1.85 bits per heavy atom. The molecule has 5 nitrogen and oxygen atoms in total. The number of rotatable bonds is 7. The summed E-state index contributed by atoms with van der Waals surface area (Å²) in [5, 5.41) is 13.5. The average molecular weight is 502 g/mol. The lowest BCUT2D eigenvalue weighted by Crippen LogP contribution is -2.14. The van der Waals surface area contributed by atoms with Crippen molar-refractivity contribution in [3.63, 3.8) is 0 Å². The summed E-state index contributed by atoms with van der Waals surface area (Å²) in [5.41, 5.74) is 2.66. The van der Waals surface area contributed by atoms with E-state index in [1.165, 1.54) is 13.2 Å². The Kier molecular flexibility index (Phi) is 8.24. The summed E-state index contributed by atoms with van der Waals surface area (Å²) in [5.74, 6) is 0.125.